The van der Waals surface area contributed by atoms with Crippen molar-refractivity contribution >= 4 is 23.8 Å². The highest BCUT2D eigenvalue weighted by atomic mass is 19.1. The van der Waals surface area contributed by atoms with Crippen LogP contribution in [0.25, 0.3) is 0 Å². The number of hydrogen-bond donors (Lipinski definition) is 2. The van der Waals surface area contributed by atoms with Crippen LogP contribution in [0, 0.1) is 5.82 Å². The van der Waals surface area contributed by atoms with E-state index in [1.54, 1.807) is 13.0 Å². The van der Waals surface area contributed by atoms with Gasteiger partial charge in [-0.15, -0.1) is 0 Å². The molecule has 1 aliphatic heterocycles. The van der Waals surface area contributed by atoms with Crippen molar-refractivity contribution in [2.24, 2.45) is 0 Å². The van der Waals surface area contributed by atoms with Crippen molar-refractivity contribution in [3.63, 3.8) is 0 Å². The Bertz CT molecular complexity index is 770. The van der Waals surface area contributed by atoms with Crippen LogP contribution >= 0.6 is 0 Å². The van der Waals surface area contributed by atoms with Crippen molar-refractivity contribution in [1.82, 2.24) is 15.5 Å². The van der Waals surface area contributed by atoms with E-state index >= 15 is 0 Å². The van der Waals surface area contributed by atoms with Gasteiger partial charge in [-0.1, -0.05) is 38.0 Å². The first-order valence-corrected chi connectivity index (χ1v) is 9.06. The summed E-state index contributed by atoms with van der Waals surface area (Å²) in [6.07, 6.45) is 2.09. The van der Waals surface area contributed by atoms with E-state index < -0.39 is 48.3 Å². The number of nitrogens with one attached hydrogen (secondary N) is 2. The third-order valence-electron chi connectivity index (χ3n) is 4.46. The van der Waals surface area contributed by atoms with E-state index in [0.29, 0.717) is 12.0 Å². The van der Waals surface area contributed by atoms with Gasteiger partial charge in [0.2, 0.25) is 0 Å². The molecule has 28 heavy (non-hydrogen) atoms. The molecule has 1 aromatic carbocycles. The van der Waals surface area contributed by atoms with E-state index in [1.807, 2.05) is 6.92 Å². The maximum absolute atomic E-state index is 13.5. The zero-order valence-corrected chi connectivity index (χ0v) is 15.9. The average Bonchev–Trinajstić information content (AvgIpc) is 2.87. The maximum Gasteiger partial charge on any atom is 0.326 e. The number of unbranched alkanes of at least 4 members (excludes halogenated alkanes) is 1. The number of urea groups is 1. The smallest absolute Gasteiger partial charge is 0.326 e. The summed E-state index contributed by atoms with van der Waals surface area (Å²) in [5.41, 5.74) is -0.738. The minimum Gasteiger partial charge on any atom is -0.454 e. The molecule has 0 radical (unpaired) electrons. The normalized spacial score (nSPS) is 18.8. The molecule has 1 saturated heterocycles. The Labute approximate surface area is 162 Å². The van der Waals surface area contributed by atoms with Crippen LogP contribution in [0.5, 0.6) is 0 Å². The van der Waals surface area contributed by atoms with Crippen LogP contribution in [0.15, 0.2) is 24.3 Å². The Hall–Kier alpha value is -2.97. The largest absolute Gasteiger partial charge is 0.454 e. The van der Waals surface area contributed by atoms with Crippen LogP contribution in [0.2, 0.25) is 0 Å². The van der Waals surface area contributed by atoms with E-state index in [0.717, 1.165) is 17.7 Å². The molecule has 2 N–H and O–H groups in total. The van der Waals surface area contributed by atoms with Gasteiger partial charge in [0.1, 0.15) is 17.9 Å². The molecule has 0 spiro atoms. The number of benzene rings is 1. The fourth-order valence-electron chi connectivity index (χ4n) is 2.80. The first-order valence-electron chi connectivity index (χ1n) is 9.06. The molecule has 0 saturated carbocycles. The van der Waals surface area contributed by atoms with Crippen molar-refractivity contribution in [3.05, 3.63) is 35.6 Å². The third-order valence-corrected chi connectivity index (χ3v) is 4.46. The zero-order chi connectivity index (χ0) is 20.7. The van der Waals surface area contributed by atoms with Gasteiger partial charge in [-0.2, -0.15) is 0 Å². The van der Waals surface area contributed by atoms with Gasteiger partial charge in [-0.25, -0.2) is 9.18 Å². The van der Waals surface area contributed by atoms with Crippen LogP contribution < -0.4 is 10.6 Å². The Morgan fingerprint density at radius 2 is 2.00 bits per heavy atom. The highest BCUT2D eigenvalue weighted by Crippen LogP contribution is 2.23. The quantitative estimate of drug-likeness (QED) is 0.489. The number of ether oxygens (including phenoxy) is 1. The molecule has 0 aliphatic carbocycles. The summed E-state index contributed by atoms with van der Waals surface area (Å²) >= 11 is 0. The second-order valence-electron chi connectivity index (χ2n) is 6.79. The van der Waals surface area contributed by atoms with E-state index in [2.05, 4.69) is 10.6 Å². The summed E-state index contributed by atoms with van der Waals surface area (Å²) in [7, 11) is 0. The lowest BCUT2D eigenvalue weighted by atomic mass is 9.95. The monoisotopic (exact) mass is 393 g/mol. The first kappa shape index (κ1) is 21.3. The molecular formula is C19H24FN3O5. The van der Waals surface area contributed by atoms with E-state index in [9.17, 15) is 23.6 Å². The van der Waals surface area contributed by atoms with Crippen molar-refractivity contribution in [2.45, 2.75) is 45.2 Å². The third kappa shape index (κ3) is 5.28. The van der Waals surface area contributed by atoms with Gasteiger partial charge in [0.05, 0.1) is 0 Å². The fourth-order valence-corrected chi connectivity index (χ4v) is 2.80. The molecule has 1 heterocycles. The second kappa shape index (κ2) is 9.29. The van der Waals surface area contributed by atoms with Gasteiger partial charge in [0.15, 0.2) is 6.61 Å². The molecule has 0 bridgehead atoms. The molecule has 1 atom stereocenters. The highest BCUT2D eigenvalue weighted by molar-refractivity contribution is 6.08. The van der Waals surface area contributed by atoms with Gasteiger partial charge in [-0.3, -0.25) is 19.3 Å². The highest BCUT2D eigenvalue weighted by Gasteiger charge is 2.47. The standard InChI is InChI=1S/C19H24FN3O5/c1-3-4-9-19(2)17(26)23(18(27)22-19)11-16(25)28-12-15(24)21-10-13-7-5-6-8-14(13)20/h5-8H,3-4,9-12H2,1-2H3,(H,21,24)(H,22,27)/t19-/m0/s1. The Kier molecular flexibility index (Phi) is 7.08. The summed E-state index contributed by atoms with van der Waals surface area (Å²) in [6, 6.07) is 5.30. The summed E-state index contributed by atoms with van der Waals surface area (Å²) < 4.78 is 18.3. The van der Waals surface area contributed by atoms with E-state index in [1.165, 1.54) is 18.2 Å². The van der Waals surface area contributed by atoms with Crippen molar-refractivity contribution < 1.29 is 28.3 Å². The summed E-state index contributed by atoms with van der Waals surface area (Å²) in [5.74, 6) is -2.46. The molecule has 2 rings (SSSR count). The Morgan fingerprint density at radius 1 is 1.29 bits per heavy atom. The van der Waals surface area contributed by atoms with Gasteiger partial charge in [-0.05, 0) is 19.4 Å². The number of nitrogens with zero attached hydrogens (tertiary/aromatic N) is 1. The van der Waals surface area contributed by atoms with Crippen LogP contribution in [0.3, 0.4) is 0 Å². The van der Waals surface area contributed by atoms with Crippen LogP contribution in [0.1, 0.15) is 38.7 Å². The van der Waals surface area contributed by atoms with Crippen molar-refractivity contribution in [1.29, 1.82) is 0 Å². The molecule has 9 heteroatoms. The first-order chi connectivity index (χ1) is 13.3. The predicted octanol–water partition coefficient (Wildman–Crippen LogP) is 1.49. The van der Waals surface area contributed by atoms with E-state index in [4.69, 9.17) is 4.74 Å². The SMILES string of the molecule is CCCC[C@]1(C)NC(=O)N(CC(=O)OCC(=O)NCc2ccccc2F)C1=O. The van der Waals surface area contributed by atoms with Gasteiger partial charge in [0, 0.05) is 12.1 Å². The maximum atomic E-state index is 13.5. The van der Waals surface area contributed by atoms with E-state index in [-0.39, 0.29) is 6.54 Å². The predicted molar refractivity (Wildman–Crippen MR) is 97.4 cm³/mol. The zero-order valence-electron chi connectivity index (χ0n) is 15.9. The summed E-state index contributed by atoms with van der Waals surface area (Å²) in [4.78, 5) is 48.9. The minimum atomic E-state index is -1.04. The molecular weight excluding hydrogens is 369 g/mol. The number of rotatable bonds is 9. The number of hydrogen-bond acceptors (Lipinski definition) is 5. The number of esters is 1. The Morgan fingerprint density at radius 3 is 2.68 bits per heavy atom. The molecule has 1 aliphatic rings. The van der Waals surface area contributed by atoms with Gasteiger partial charge >= 0.3 is 12.0 Å². The van der Waals surface area contributed by atoms with Crippen LogP contribution in [0.4, 0.5) is 9.18 Å². The molecule has 8 nitrogen and oxygen atoms in total. The number of halogens is 1. The molecule has 0 unspecified atom stereocenters. The number of amides is 4. The Balaban J connectivity index is 1.79. The minimum absolute atomic E-state index is 0.0497. The summed E-state index contributed by atoms with van der Waals surface area (Å²) in [6.45, 7) is 2.37. The number of carbonyl (C=O) groups is 4. The molecule has 152 valence electrons. The topological polar surface area (TPSA) is 105 Å². The molecule has 0 aromatic heterocycles. The lowest BCUT2D eigenvalue weighted by Crippen LogP contribution is -2.44. The van der Waals surface area contributed by atoms with Gasteiger partial charge in [0.25, 0.3) is 11.8 Å². The van der Waals surface area contributed by atoms with Crippen LogP contribution in [-0.2, 0) is 25.7 Å². The van der Waals surface area contributed by atoms with Crippen molar-refractivity contribution in [3.8, 4) is 0 Å². The lowest BCUT2D eigenvalue weighted by Gasteiger charge is -2.21. The van der Waals surface area contributed by atoms with Crippen LogP contribution in [-0.4, -0.2) is 47.4 Å². The van der Waals surface area contributed by atoms with Gasteiger partial charge < -0.3 is 15.4 Å². The van der Waals surface area contributed by atoms with Crippen molar-refractivity contribution in [2.75, 3.05) is 13.2 Å². The average molecular weight is 393 g/mol. The molecule has 4 amide bonds. The number of carbonyl (C=O) groups excluding carboxylic acids is 4. The lowest BCUT2D eigenvalue weighted by molar-refractivity contribution is -0.151. The summed E-state index contributed by atoms with van der Waals surface area (Å²) in [5, 5.41) is 5.02. The fraction of sp³-hybridized carbons (Fsp3) is 0.474. The second-order valence-corrected chi connectivity index (χ2v) is 6.79. The number of imide groups is 1. The molecule has 1 aromatic rings. The molecule has 1 fully saturated rings.